The maximum atomic E-state index is 11.2. The molecule has 0 bridgehead atoms. The number of nitrogens with zero attached hydrogens (tertiary/aromatic N) is 1. The van der Waals surface area contributed by atoms with Gasteiger partial charge in [0.05, 0.1) is 19.1 Å². The number of ether oxygens (including phenoxy) is 1. The molecule has 2 unspecified atom stereocenters. The molecule has 0 heterocycles. The van der Waals surface area contributed by atoms with Crippen LogP contribution in [0.2, 0.25) is 0 Å². The Kier molecular flexibility index (Phi) is 3.07. The first-order chi connectivity index (χ1) is 6.19. The molecule has 1 rings (SSSR count). The van der Waals surface area contributed by atoms with E-state index in [1.807, 2.05) is 13.0 Å². The van der Waals surface area contributed by atoms with Crippen LogP contribution >= 0.6 is 0 Å². The molecule has 0 N–H and O–H groups in total. The van der Waals surface area contributed by atoms with Crippen molar-refractivity contribution >= 4 is 5.97 Å². The van der Waals surface area contributed by atoms with Gasteiger partial charge in [0.2, 0.25) is 0 Å². The Balaban J connectivity index is 2.69. The van der Waals surface area contributed by atoms with Crippen LogP contribution in [-0.2, 0) is 9.53 Å². The van der Waals surface area contributed by atoms with E-state index in [0.717, 1.165) is 5.57 Å². The maximum absolute atomic E-state index is 11.2. The van der Waals surface area contributed by atoms with Crippen LogP contribution in [0.4, 0.5) is 0 Å². The van der Waals surface area contributed by atoms with E-state index in [0.29, 0.717) is 12.8 Å². The number of hydrogen-bond acceptors (Lipinski definition) is 3. The highest BCUT2D eigenvalue weighted by molar-refractivity contribution is 5.73. The molecule has 1 aliphatic carbocycles. The largest absolute Gasteiger partial charge is 0.469 e. The first-order valence-corrected chi connectivity index (χ1v) is 4.36. The minimum absolute atomic E-state index is 0.0675. The van der Waals surface area contributed by atoms with Crippen molar-refractivity contribution in [3.63, 3.8) is 0 Å². The molecule has 13 heavy (non-hydrogen) atoms. The fourth-order valence-electron chi connectivity index (χ4n) is 1.65. The van der Waals surface area contributed by atoms with Crippen LogP contribution in [0.3, 0.4) is 0 Å². The van der Waals surface area contributed by atoms with Crippen molar-refractivity contribution in [1.82, 2.24) is 0 Å². The molecule has 0 saturated carbocycles. The number of nitriles is 1. The number of carbonyl (C=O) groups excluding carboxylic acids is 1. The van der Waals surface area contributed by atoms with Gasteiger partial charge in [-0.1, -0.05) is 13.0 Å². The van der Waals surface area contributed by atoms with Gasteiger partial charge < -0.3 is 4.74 Å². The van der Waals surface area contributed by atoms with Gasteiger partial charge in [-0.15, -0.1) is 0 Å². The summed E-state index contributed by atoms with van der Waals surface area (Å²) in [5.74, 6) is -0.0186. The van der Waals surface area contributed by atoms with Crippen molar-refractivity contribution in [2.75, 3.05) is 7.11 Å². The third kappa shape index (κ3) is 2.09. The zero-order chi connectivity index (χ0) is 9.84. The molecule has 3 nitrogen and oxygen atoms in total. The lowest BCUT2D eigenvalue weighted by Crippen LogP contribution is -2.25. The van der Waals surface area contributed by atoms with E-state index in [1.54, 1.807) is 0 Å². The molecule has 0 aromatic rings. The first kappa shape index (κ1) is 9.79. The molecule has 0 aromatic carbocycles. The molecule has 70 valence electrons. The second-order valence-corrected chi connectivity index (χ2v) is 3.39. The molecule has 0 aliphatic heterocycles. The average molecular weight is 179 g/mol. The van der Waals surface area contributed by atoms with Crippen LogP contribution in [-0.4, -0.2) is 13.1 Å². The average Bonchev–Trinajstić information content (AvgIpc) is 2.16. The Hall–Kier alpha value is -1.30. The quantitative estimate of drug-likeness (QED) is 0.575. The highest BCUT2D eigenvalue weighted by Gasteiger charge is 2.28. The lowest BCUT2D eigenvalue weighted by molar-refractivity contribution is -0.147. The second kappa shape index (κ2) is 4.08. The normalized spacial score (nSPS) is 27.3. The Bertz CT molecular complexity index is 275. The molecule has 2 atom stereocenters. The van der Waals surface area contributed by atoms with Crippen molar-refractivity contribution in [3.05, 3.63) is 11.6 Å². The van der Waals surface area contributed by atoms with Crippen molar-refractivity contribution in [3.8, 4) is 6.07 Å². The molecule has 0 amide bonds. The Morgan fingerprint density at radius 1 is 1.77 bits per heavy atom. The van der Waals surface area contributed by atoms with Crippen molar-refractivity contribution < 1.29 is 9.53 Å². The standard InChI is InChI=1S/C10H13NO2/c1-7-5-8(6-11)3-4-9(7)10(12)13-2/h3,7,9H,4-5H2,1-2H3. The van der Waals surface area contributed by atoms with Crippen molar-refractivity contribution in [2.45, 2.75) is 19.8 Å². The highest BCUT2D eigenvalue weighted by atomic mass is 16.5. The lowest BCUT2D eigenvalue weighted by atomic mass is 9.81. The highest BCUT2D eigenvalue weighted by Crippen LogP contribution is 2.29. The summed E-state index contributed by atoms with van der Waals surface area (Å²) in [4.78, 5) is 11.2. The maximum Gasteiger partial charge on any atom is 0.309 e. The minimum Gasteiger partial charge on any atom is -0.469 e. The van der Waals surface area contributed by atoms with Gasteiger partial charge in [-0.25, -0.2) is 0 Å². The fourth-order valence-corrected chi connectivity index (χ4v) is 1.65. The summed E-state index contributed by atoms with van der Waals surface area (Å²) in [6.45, 7) is 1.98. The van der Waals surface area contributed by atoms with E-state index in [4.69, 9.17) is 5.26 Å². The van der Waals surface area contributed by atoms with Crippen LogP contribution in [0, 0.1) is 23.2 Å². The van der Waals surface area contributed by atoms with Gasteiger partial charge in [-0.2, -0.15) is 5.26 Å². The number of hydrogen-bond donors (Lipinski definition) is 0. The summed E-state index contributed by atoms with van der Waals surface area (Å²) in [5.41, 5.74) is 0.785. The summed E-state index contributed by atoms with van der Waals surface area (Å²) in [6.07, 6.45) is 3.16. The molecule has 0 saturated heterocycles. The van der Waals surface area contributed by atoms with Crippen molar-refractivity contribution in [1.29, 1.82) is 5.26 Å². The second-order valence-electron chi connectivity index (χ2n) is 3.39. The topological polar surface area (TPSA) is 50.1 Å². The smallest absolute Gasteiger partial charge is 0.309 e. The Labute approximate surface area is 78.0 Å². The molecule has 0 fully saturated rings. The summed E-state index contributed by atoms with van der Waals surface area (Å²) in [7, 11) is 1.40. The van der Waals surface area contributed by atoms with Crippen LogP contribution in [0.5, 0.6) is 0 Å². The van der Waals surface area contributed by atoms with Gasteiger partial charge in [0.15, 0.2) is 0 Å². The Morgan fingerprint density at radius 2 is 2.46 bits per heavy atom. The van der Waals surface area contributed by atoms with Gasteiger partial charge in [0.25, 0.3) is 0 Å². The Morgan fingerprint density at radius 3 is 2.92 bits per heavy atom. The summed E-state index contributed by atoms with van der Waals surface area (Å²) < 4.78 is 4.68. The van der Waals surface area contributed by atoms with E-state index >= 15 is 0 Å². The summed E-state index contributed by atoms with van der Waals surface area (Å²) in [5, 5.41) is 8.66. The molecule has 0 spiro atoms. The predicted molar refractivity (Wildman–Crippen MR) is 47.6 cm³/mol. The lowest BCUT2D eigenvalue weighted by Gasteiger charge is -2.24. The third-order valence-electron chi connectivity index (χ3n) is 2.49. The van der Waals surface area contributed by atoms with Gasteiger partial charge in [0.1, 0.15) is 0 Å². The zero-order valence-electron chi connectivity index (χ0n) is 7.91. The number of esters is 1. The van der Waals surface area contributed by atoms with E-state index in [-0.39, 0.29) is 17.8 Å². The monoisotopic (exact) mass is 179 g/mol. The van der Waals surface area contributed by atoms with Gasteiger partial charge >= 0.3 is 5.97 Å². The van der Waals surface area contributed by atoms with Gasteiger partial charge in [-0.3, -0.25) is 4.79 Å². The first-order valence-electron chi connectivity index (χ1n) is 4.36. The van der Waals surface area contributed by atoms with Crippen molar-refractivity contribution in [2.24, 2.45) is 11.8 Å². The van der Waals surface area contributed by atoms with E-state index < -0.39 is 0 Å². The molecule has 3 heteroatoms. The molecule has 0 radical (unpaired) electrons. The summed E-state index contributed by atoms with van der Waals surface area (Å²) >= 11 is 0. The van der Waals surface area contributed by atoms with E-state index in [1.165, 1.54) is 7.11 Å². The molecular formula is C10H13NO2. The van der Waals surface area contributed by atoms with Crippen LogP contribution in [0.1, 0.15) is 19.8 Å². The van der Waals surface area contributed by atoms with E-state index in [9.17, 15) is 4.79 Å². The summed E-state index contributed by atoms with van der Waals surface area (Å²) in [6, 6.07) is 2.12. The number of allylic oxidation sites excluding steroid dienone is 2. The van der Waals surface area contributed by atoms with Crippen LogP contribution in [0.25, 0.3) is 0 Å². The molecule has 1 aliphatic rings. The van der Waals surface area contributed by atoms with E-state index in [2.05, 4.69) is 10.8 Å². The molecular weight excluding hydrogens is 166 g/mol. The number of rotatable bonds is 1. The van der Waals surface area contributed by atoms with Gasteiger partial charge in [-0.05, 0) is 18.8 Å². The fraction of sp³-hybridized carbons (Fsp3) is 0.600. The van der Waals surface area contributed by atoms with Gasteiger partial charge in [0, 0.05) is 5.57 Å². The zero-order valence-corrected chi connectivity index (χ0v) is 7.91. The SMILES string of the molecule is COC(=O)C1CC=C(C#N)CC1C. The predicted octanol–water partition coefficient (Wildman–Crippen LogP) is 1.66. The number of methoxy groups -OCH3 is 1. The van der Waals surface area contributed by atoms with Crippen LogP contribution < -0.4 is 0 Å². The number of carbonyl (C=O) groups is 1. The third-order valence-corrected chi connectivity index (χ3v) is 2.49. The minimum atomic E-state index is -0.166. The molecule has 0 aromatic heterocycles. The van der Waals surface area contributed by atoms with Crippen LogP contribution in [0.15, 0.2) is 11.6 Å².